The Bertz CT molecular complexity index is 1660. The van der Waals surface area contributed by atoms with E-state index in [9.17, 15) is 5.11 Å². The molecule has 0 amide bonds. The third-order valence-corrected chi connectivity index (χ3v) is 7.23. The summed E-state index contributed by atoms with van der Waals surface area (Å²) in [6.45, 7) is 0. The lowest BCUT2D eigenvalue weighted by molar-refractivity contribution is 0.0797. The Hall–Kier alpha value is -4.90. The van der Waals surface area contributed by atoms with Gasteiger partial charge in [0.25, 0.3) is 0 Å². The molecular formula is C37H34N2O2. The van der Waals surface area contributed by atoms with Crippen LogP contribution in [0.5, 0.6) is 5.75 Å². The number of phenols is 1. The Labute approximate surface area is 241 Å². The minimum absolute atomic E-state index is 0. The van der Waals surface area contributed by atoms with Gasteiger partial charge in [0.2, 0.25) is 0 Å². The monoisotopic (exact) mass is 538 g/mol. The van der Waals surface area contributed by atoms with Crippen molar-refractivity contribution in [2.24, 2.45) is 5.90 Å². The van der Waals surface area contributed by atoms with E-state index in [0.29, 0.717) is 5.56 Å². The molecule has 0 radical (unpaired) electrons. The first kappa shape index (κ1) is 27.7. The van der Waals surface area contributed by atoms with E-state index in [1.54, 1.807) is 6.07 Å². The maximum atomic E-state index is 10.7. The maximum absolute atomic E-state index is 10.7. The summed E-state index contributed by atoms with van der Waals surface area (Å²) in [5, 5.41) is 12.7. The van der Waals surface area contributed by atoms with Crippen LogP contribution in [0, 0.1) is 0 Å². The molecule has 0 bridgehead atoms. The molecule has 41 heavy (non-hydrogen) atoms. The number of anilines is 3. The molecule has 0 aliphatic carbocycles. The molecule has 0 heterocycles. The number of phenolic OH excluding ortho intramolecular Hbond substituents is 1. The van der Waals surface area contributed by atoms with Crippen LogP contribution >= 0.6 is 0 Å². The van der Waals surface area contributed by atoms with Gasteiger partial charge in [0.05, 0.1) is 0 Å². The van der Waals surface area contributed by atoms with Gasteiger partial charge < -0.3 is 10.0 Å². The first-order valence-electron chi connectivity index (χ1n) is 13.3. The van der Waals surface area contributed by atoms with Crippen LogP contribution in [0.1, 0.15) is 35.8 Å². The van der Waals surface area contributed by atoms with Gasteiger partial charge >= 0.3 is 0 Å². The fourth-order valence-electron chi connectivity index (χ4n) is 5.20. The highest BCUT2D eigenvalue weighted by Crippen LogP contribution is 2.36. The number of benzene rings is 6. The Morgan fingerprint density at radius 3 is 1.59 bits per heavy atom. The van der Waals surface area contributed by atoms with Gasteiger partial charge in [0.1, 0.15) is 11.9 Å². The van der Waals surface area contributed by atoms with E-state index >= 15 is 0 Å². The zero-order valence-electron chi connectivity index (χ0n) is 22.0. The number of hydrogen-bond acceptors (Lipinski definition) is 4. The Balaban J connectivity index is 0.00000337. The van der Waals surface area contributed by atoms with Crippen molar-refractivity contribution in [3.63, 3.8) is 0 Å². The SMILES string of the molecule is C.NOC(c1ccc(Cc2ccc(N(c3ccccc3)c3ccccc3)cc2)cc1)c1cc2ccccc2cc1O. The molecule has 0 spiro atoms. The second-order valence-electron chi connectivity index (χ2n) is 9.87. The molecule has 0 fully saturated rings. The average molecular weight is 539 g/mol. The number of fused-ring (bicyclic) bond motifs is 1. The van der Waals surface area contributed by atoms with Crippen LogP contribution in [-0.2, 0) is 11.3 Å². The normalized spacial score (nSPS) is 11.5. The van der Waals surface area contributed by atoms with E-state index in [4.69, 9.17) is 10.7 Å². The van der Waals surface area contributed by atoms with Crippen molar-refractivity contribution in [1.29, 1.82) is 0 Å². The summed E-state index contributed by atoms with van der Waals surface area (Å²) in [6.07, 6.45) is 0.229. The quantitative estimate of drug-likeness (QED) is 0.190. The maximum Gasteiger partial charge on any atom is 0.132 e. The molecule has 0 aliphatic heterocycles. The van der Waals surface area contributed by atoms with E-state index in [-0.39, 0.29) is 13.2 Å². The lowest BCUT2D eigenvalue weighted by Gasteiger charge is -2.25. The van der Waals surface area contributed by atoms with Crippen LogP contribution in [-0.4, -0.2) is 5.11 Å². The van der Waals surface area contributed by atoms with Crippen molar-refractivity contribution in [2.45, 2.75) is 20.0 Å². The molecule has 4 nitrogen and oxygen atoms in total. The van der Waals surface area contributed by atoms with Crippen LogP contribution in [0.4, 0.5) is 17.1 Å². The van der Waals surface area contributed by atoms with Crippen molar-refractivity contribution in [1.82, 2.24) is 0 Å². The van der Waals surface area contributed by atoms with E-state index in [0.717, 1.165) is 39.8 Å². The number of nitrogens with two attached hydrogens (primary N) is 1. The van der Waals surface area contributed by atoms with Crippen LogP contribution in [0.3, 0.4) is 0 Å². The third kappa shape index (κ3) is 5.99. The molecule has 0 aliphatic rings. The van der Waals surface area contributed by atoms with Crippen molar-refractivity contribution in [3.05, 3.63) is 168 Å². The van der Waals surface area contributed by atoms with E-state index in [1.165, 1.54) is 11.1 Å². The number of aromatic hydroxyl groups is 1. The average Bonchev–Trinajstić information content (AvgIpc) is 3.01. The third-order valence-electron chi connectivity index (χ3n) is 7.23. The fourth-order valence-corrected chi connectivity index (χ4v) is 5.20. The molecule has 0 saturated heterocycles. The van der Waals surface area contributed by atoms with Crippen LogP contribution in [0.25, 0.3) is 10.8 Å². The first-order valence-corrected chi connectivity index (χ1v) is 13.3. The minimum Gasteiger partial charge on any atom is -0.508 e. The number of rotatable bonds is 8. The topological polar surface area (TPSA) is 58.7 Å². The summed E-state index contributed by atoms with van der Waals surface area (Å²) >= 11 is 0. The lowest BCUT2D eigenvalue weighted by Crippen LogP contribution is -2.11. The first-order chi connectivity index (χ1) is 19.7. The molecule has 1 atom stereocenters. The van der Waals surface area contributed by atoms with E-state index < -0.39 is 6.10 Å². The van der Waals surface area contributed by atoms with Crippen molar-refractivity contribution >= 4 is 27.8 Å². The van der Waals surface area contributed by atoms with Gasteiger partial charge in [-0.1, -0.05) is 104 Å². The molecular weight excluding hydrogens is 504 g/mol. The number of nitrogens with zero attached hydrogens (tertiary/aromatic N) is 1. The zero-order valence-corrected chi connectivity index (χ0v) is 22.0. The highest BCUT2D eigenvalue weighted by Gasteiger charge is 2.19. The number of hydrogen-bond donors (Lipinski definition) is 2. The predicted octanol–water partition coefficient (Wildman–Crippen LogP) is 9.22. The predicted molar refractivity (Wildman–Crippen MR) is 170 cm³/mol. The smallest absolute Gasteiger partial charge is 0.132 e. The Kier molecular flexibility index (Phi) is 8.44. The zero-order chi connectivity index (χ0) is 27.3. The molecule has 3 N–H and O–H groups in total. The molecule has 1 unspecified atom stereocenters. The van der Waals surface area contributed by atoms with Crippen molar-refractivity contribution < 1.29 is 9.94 Å². The second-order valence-corrected chi connectivity index (χ2v) is 9.87. The van der Waals surface area contributed by atoms with Gasteiger partial charge in [-0.2, -0.15) is 0 Å². The molecule has 6 aromatic rings. The van der Waals surface area contributed by atoms with Crippen LogP contribution < -0.4 is 10.8 Å². The van der Waals surface area contributed by atoms with E-state index in [2.05, 4.69) is 89.8 Å². The van der Waals surface area contributed by atoms with Gasteiger partial charge in [-0.05, 0) is 82.4 Å². The van der Waals surface area contributed by atoms with Gasteiger partial charge in [-0.3, -0.25) is 4.84 Å². The summed E-state index contributed by atoms with van der Waals surface area (Å²) in [6, 6.07) is 49.3. The Morgan fingerprint density at radius 2 is 1.05 bits per heavy atom. The lowest BCUT2D eigenvalue weighted by atomic mass is 9.95. The van der Waals surface area contributed by atoms with Gasteiger partial charge in [0, 0.05) is 22.6 Å². The van der Waals surface area contributed by atoms with Crippen molar-refractivity contribution in [2.75, 3.05) is 4.90 Å². The van der Waals surface area contributed by atoms with Gasteiger partial charge in [-0.25, -0.2) is 5.90 Å². The minimum atomic E-state index is -0.570. The highest BCUT2D eigenvalue weighted by atomic mass is 16.6. The highest BCUT2D eigenvalue weighted by molar-refractivity contribution is 5.85. The van der Waals surface area contributed by atoms with Crippen LogP contribution in [0.2, 0.25) is 0 Å². The summed E-state index contributed by atoms with van der Waals surface area (Å²) in [4.78, 5) is 7.61. The molecule has 204 valence electrons. The van der Waals surface area contributed by atoms with Gasteiger partial charge in [-0.15, -0.1) is 0 Å². The standard InChI is InChI=1S/C36H30N2O2.CH4/c37-40-36(34-24-29-9-7-8-10-30(29)25-35(34)39)28-19-15-26(16-20-28)23-27-17-21-33(22-18-27)38(31-11-3-1-4-12-31)32-13-5-2-6-14-32;/h1-22,24-25,36,39H,23,37H2;1H4. The fraction of sp³-hybridized carbons (Fsp3) is 0.0811. The molecule has 4 heteroatoms. The largest absolute Gasteiger partial charge is 0.508 e. The summed E-state index contributed by atoms with van der Waals surface area (Å²) in [5.74, 6) is 5.88. The number of para-hydroxylation sites is 2. The second kappa shape index (κ2) is 12.5. The van der Waals surface area contributed by atoms with E-state index in [1.807, 2.05) is 54.6 Å². The molecule has 6 aromatic carbocycles. The molecule has 0 saturated carbocycles. The van der Waals surface area contributed by atoms with Crippen molar-refractivity contribution in [3.8, 4) is 5.75 Å². The molecule has 6 rings (SSSR count). The summed E-state index contributed by atoms with van der Waals surface area (Å²) < 4.78 is 0. The summed E-state index contributed by atoms with van der Waals surface area (Å²) in [5.41, 5.74) is 7.26. The van der Waals surface area contributed by atoms with Crippen LogP contribution in [0.15, 0.2) is 146 Å². The Morgan fingerprint density at radius 1 is 0.585 bits per heavy atom. The van der Waals surface area contributed by atoms with Gasteiger partial charge in [0.15, 0.2) is 0 Å². The summed E-state index contributed by atoms with van der Waals surface area (Å²) in [7, 11) is 0. The molecule has 0 aromatic heterocycles.